The topological polar surface area (TPSA) is 100 Å². The van der Waals surface area contributed by atoms with Crippen molar-refractivity contribution in [3.8, 4) is 0 Å². The second-order valence-electron chi connectivity index (χ2n) is 6.94. The molecule has 154 valence electrons. The Morgan fingerprint density at radius 1 is 0.897 bits per heavy atom. The molecule has 3 rings (SSSR count). The molecule has 2 aromatic carbocycles. The van der Waals surface area contributed by atoms with E-state index in [2.05, 4.69) is 10.9 Å². The quantitative estimate of drug-likeness (QED) is 0.535. The summed E-state index contributed by atoms with van der Waals surface area (Å²) < 4.78 is 26.7. The molecule has 1 aliphatic rings. The van der Waals surface area contributed by atoms with Gasteiger partial charge < -0.3 is 4.90 Å². The van der Waals surface area contributed by atoms with Crippen molar-refractivity contribution in [2.24, 2.45) is 0 Å². The summed E-state index contributed by atoms with van der Waals surface area (Å²) in [5, 5.41) is 0. The van der Waals surface area contributed by atoms with Crippen LogP contribution in [-0.2, 0) is 20.6 Å². The first-order chi connectivity index (χ1) is 13.9. The molecular formula is C20H25N4O4S+. The highest BCUT2D eigenvalue weighted by Crippen LogP contribution is 2.10. The Labute approximate surface area is 170 Å². The first-order valence-corrected chi connectivity index (χ1v) is 11.0. The van der Waals surface area contributed by atoms with Crippen molar-refractivity contribution in [2.45, 2.75) is 5.75 Å². The van der Waals surface area contributed by atoms with Gasteiger partial charge in [0, 0.05) is 5.56 Å². The number of quaternary nitrogens is 1. The van der Waals surface area contributed by atoms with Crippen LogP contribution in [0, 0.1) is 0 Å². The third kappa shape index (κ3) is 6.11. The molecule has 1 saturated heterocycles. The van der Waals surface area contributed by atoms with E-state index in [4.69, 9.17) is 0 Å². The summed E-state index contributed by atoms with van der Waals surface area (Å²) in [5.74, 6) is -0.717. The van der Waals surface area contributed by atoms with Gasteiger partial charge in [-0.3, -0.25) is 20.4 Å². The maximum Gasteiger partial charge on any atom is 0.293 e. The van der Waals surface area contributed by atoms with Gasteiger partial charge in [-0.2, -0.15) is 4.31 Å². The number of piperazine rings is 1. The zero-order valence-corrected chi connectivity index (χ0v) is 16.8. The fourth-order valence-electron chi connectivity index (χ4n) is 3.19. The van der Waals surface area contributed by atoms with Gasteiger partial charge >= 0.3 is 0 Å². The zero-order valence-electron chi connectivity index (χ0n) is 16.0. The molecule has 1 aliphatic heterocycles. The van der Waals surface area contributed by atoms with Crippen LogP contribution in [0.4, 0.5) is 0 Å². The molecule has 2 amide bonds. The summed E-state index contributed by atoms with van der Waals surface area (Å²) in [5.41, 5.74) is 6.02. The first-order valence-electron chi connectivity index (χ1n) is 9.43. The number of hydrogen-bond donors (Lipinski definition) is 3. The van der Waals surface area contributed by atoms with Crippen LogP contribution < -0.4 is 15.8 Å². The lowest BCUT2D eigenvalue weighted by atomic mass is 10.2. The van der Waals surface area contributed by atoms with Crippen LogP contribution in [0.25, 0.3) is 0 Å². The van der Waals surface area contributed by atoms with Crippen molar-refractivity contribution in [1.29, 1.82) is 0 Å². The van der Waals surface area contributed by atoms with E-state index < -0.39 is 10.0 Å². The third-order valence-electron chi connectivity index (χ3n) is 4.78. The van der Waals surface area contributed by atoms with Gasteiger partial charge in [0.1, 0.15) is 0 Å². The van der Waals surface area contributed by atoms with E-state index in [1.54, 1.807) is 42.5 Å². The highest BCUT2D eigenvalue weighted by molar-refractivity contribution is 7.88. The molecule has 0 bridgehead atoms. The Kier molecular flexibility index (Phi) is 6.97. The van der Waals surface area contributed by atoms with Crippen molar-refractivity contribution >= 4 is 21.8 Å². The lowest BCUT2D eigenvalue weighted by Gasteiger charge is -2.31. The van der Waals surface area contributed by atoms with E-state index in [0.717, 1.165) is 10.5 Å². The summed E-state index contributed by atoms with van der Waals surface area (Å²) >= 11 is 0. The van der Waals surface area contributed by atoms with E-state index in [-0.39, 0.29) is 24.1 Å². The van der Waals surface area contributed by atoms with Crippen molar-refractivity contribution in [2.75, 3.05) is 32.7 Å². The van der Waals surface area contributed by atoms with Gasteiger partial charge in [-0.05, 0) is 17.7 Å². The second kappa shape index (κ2) is 9.64. The number of hydrazine groups is 1. The van der Waals surface area contributed by atoms with Crippen LogP contribution >= 0.6 is 0 Å². The molecular weight excluding hydrogens is 392 g/mol. The van der Waals surface area contributed by atoms with Gasteiger partial charge in [-0.1, -0.05) is 48.5 Å². The average molecular weight is 418 g/mol. The van der Waals surface area contributed by atoms with Gasteiger partial charge in [-0.25, -0.2) is 8.42 Å². The molecule has 9 heteroatoms. The minimum atomic E-state index is -3.38. The highest BCUT2D eigenvalue weighted by atomic mass is 32.2. The Hall–Kier alpha value is -2.75. The lowest BCUT2D eigenvalue weighted by Crippen LogP contribution is -3.16. The van der Waals surface area contributed by atoms with Gasteiger partial charge in [0.2, 0.25) is 10.0 Å². The van der Waals surface area contributed by atoms with Gasteiger partial charge in [-0.15, -0.1) is 0 Å². The number of benzene rings is 2. The number of amides is 2. The predicted molar refractivity (Wildman–Crippen MR) is 108 cm³/mol. The maximum absolute atomic E-state index is 12.6. The minimum absolute atomic E-state index is 0.0187. The van der Waals surface area contributed by atoms with Crippen LogP contribution in [0.2, 0.25) is 0 Å². The third-order valence-corrected chi connectivity index (χ3v) is 6.63. The number of rotatable bonds is 6. The maximum atomic E-state index is 12.6. The predicted octanol–water partition coefficient (Wildman–Crippen LogP) is -0.822. The molecule has 2 aromatic rings. The van der Waals surface area contributed by atoms with E-state index >= 15 is 0 Å². The van der Waals surface area contributed by atoms with Crippen LogP contribution in [-0.4, -0.2) is 57.3 Å². The number of carbonyl (C=O) groups is 2. The van der Waals surface area contributed by atoms with Crippen molar-refractivity contribution in [3.63, 3.8) is 0 Å². The smallest absolute Gasteiger partial charge is 0.293 e. The lowest BCUT2D eigenvalue weighted by molar-refractivity contribution is -0.895. The summed E-state index contributed by atoms with van der Waals surface area (Å²) in [6.07, 6.45) is 0. The first kappa shape index (κ1) is 21.0. The Bertz CT molecular complexity index is 927. The largest absolute Gasteiger partial charge is 0.325 e. The molecule has 0 atom stereocenters. The molecule has 0 radical (unpaired) electrons. The molecule has 8 nitrogen and oxygen atoms in total. The average Bonchev–Trinajstić information content (AvgIpc) is 2.73. The summed E-state index contributed by atoms with van der Waals surface area (Å²) in [4.78, 5) is 25.0. The number of nitrogens with one attached hydrogen (secondary N) is 3. The molecule has 0 spiro atoms. The molecule has 29 heavy (non-hydrogen) atoms. The fraction of sp³-hybridized carbons (Fsp3) is 0.300. The Morgan fingerprint density at radius 3 is 2.10 bits per heavy atom. The van der Waals surface area contributed by atoms with E-state index in [1.165, 1.54) is 4.31 Å². The molecule has 0 saturated carbocycles. The summed E-state index contributed by atoms with van der Waals surface area (Å²) in [6.45, 7) is 1.98. The van der Waals surface area contributed by atoms with Crippen LogP contribution in [0.5, 0.6) is 0 Å². The number of hydrogen-bond acceptors (Lipinski definition) is 4. The van der Waals surface area contributed by atoms with Crippen molar-refractivity contribution in [1.82, 2.24) is 15.2 Å². The van der Waals surface area contributed by atoms with Crippen LogP contribution in [0.3, 0.4) is 0 Å². The van der Waals surface area contributed by atoms with Gasteiger partial charge in [0.15, 0.2) is 6.54 Å². The molecule has 3 N–H and O–H groups in total. The van der Waals surface area contributed by atoms with Crippen molar-refractivity contribution < 1.29 is 22.9 Å². The zero-order chi connectivity index (χ0) is 20.7. The molecule has 0 aliphatic carbocycles. The van der Waals surface area contributed by atoms with Crippen LogP contribution in [0.1, 0.15) is 15.9 Å². The molecule has 1 fully saturated rings. The fourth-order valence-corrected chi connectivity index (χ4v) is 4.73. The standard InChI is InChI=1S/C20H24N4O4S/c25-19(21-22-20(26)18-9-5-2-6-10-18)15-23-11-13-24(14-12-23)29(27,28)16-17-7-3-1-4-8-17/h1-10H,11-16H2,(H,21,25)(H,22,26)/p+1. The highest BCUT2D eigenvalue weighted by Gasteiger charge is 2.30. The Morgan fingerprint density at radius 2 is 1.48 bits per heavy atom. The number of carbonyl (C=O) groups excluding carboxylic acids is 2. The van der Waals surface area contributed by atoms with E-state index in [1.807, 2.05) is 18.2 Å². The SMILES string of the molecule is O=C(C[NH+]1CCN(S(=O)(=O)Cc2ccccc2)CC1)NNC(=O)c1ccccc1. The second-order valence-corrected chi connectivity index (χ2v) is 8.90. The summed E-state index contributed by atoms with van der Waals surface area (Å²) in [6, 6.07) is 17.7. The van der Waals surface area contributed by atoms with Crippen molar-refractivity contribution in [3.05, 3.63) is 71.8 Å². The Balaban J connectivity index is 1.42. The van der Waals surface area contributed by atoms with Gasteiger partial charge in [0.05, 0.1) is 31.9 Å². The molecule has 0 aromatic heterocycles. The normalized spacial score (nSPS) is 15.6. The number of nitrogens with zero attached hydrogens (tertiary/aromatic N) is 1. The van der Waals surface area contributed by atoms with Gasteiger partial charge in [0.25, 0.3) is 11.8 Å². The molecule has 1 heterocycles. The minimum Gasteiger partial charge on any atom is -0.325 e. The molecule has 0 unspecified atom stereocenters. The van der Waals surface area contributed by atoms with E-state index in [0.29, 0.717) is 31.7 Å². The summed E-state index contributed by atoms with van der Waals surface area (Å²) in [7, 11) is -3.38. The van der Waals surface area contributed by atoms with Crippen LogP contribution in [0.15, 0.2) is 60.7 Å². The van der Waals surface area contributed by atoms with E-state index in [9.17, 15) is 18.0 Å². The number of sulfonamides is 1. The monoisotopic (exact) mass is 417 g/mol.